The van der Waals surface area contributed by atoms with Gasteiger partial charge in [-0.05, 0) is 72.5 Å². The van der Waals surface area contributed by atoms with Gasteiger partial charge in [-0.2, -0.15) is 4.98 Å². The predicted molar refractivity (Wildman–Crippen MR) is 153 cm³/mol. The molecule has 3 heterocycles. The number of carboxylic acids is 1. The summed E-state index contributed by atoms with van der Waals surface area (Å²) < 4.78 is 12.3. The summed E-state index contributed by atoms with van der Waals surface area (Å²) in [5, 5.41) is 13.7. The highest BCUT2D eigenvalue weighted by Gasteiger charge is 2.19. The van der Waals surface area contributed by atoms with Crippen molar-refractivity contribution in [2.75, 3.05) is 6.61 Å². The summed E-state index contributed by atoms with van der Waals surface area (Å²) in [6.45, 7) is 4.62. The number of carboxylic acid groups (broad SMARTS) is 1. The number of aromatic carboxylic acids is 1. The van der Waals surface area contributed by atoms with Gasteiger partial charge in [0.25, 0.3) is 6.01 Å². The summed E-state index contributed by atoms with van der Waals surface area (Å²) in [6.07, 6.45) is 1.77. The van der Waals surface area contributed by atoms with Crippen LogP contribution in [0.2, 0.25) is 0 Å². The van der Waals surface area contributed by atoms with E-state index in [1.54, 1.807) is 29.0 Å². The van der Waals surface area contributed by atoms with Gasteiger partial charge in [-0.1, -0.05) is 41.6 Å². The van der Waals surface area contributed by atoms with E-state index in [1.165, 1.54) is 0 Å². The number of aromatic nitrogens is 5. The third-order valence-corrected chi connectivity index (χ3v) is 6.77. The molecule has 0 unspecified atom stereocenters. The van der Waals surface area contributed by atoms with Crippen molar-refractivity contribution in [2.45, 2.75) is 20.4 Å². The van der Waals surface area contributed by atoms with Crippen molar-refractivity contribution in [1.82, 2.24) is 24.7 Å². The van der Waals surface area contributed by atoms with Crippen molar-refractivity contribution in [2.24, 2.45) is 0 Å². The highest BCUT2D eigenvalue weighted by Crippen LogP contribution is 2.34. The Morgan fingerprint density at radius 2 is 1.83 bits per heavy atom. The molecule has 0 amide bonds. The van der Waals surface area contributed by atoms with Crippen LogP contribution in [0.15, 0.2) is 88.3 Å². The molecule has 0 saturated carbocycles. The molecule has 6 rings (SSSR count). The van der Waals surface area contributed by atoms with Crippen LogP contribution in [0.1, 0.15) is 28.4 Å². The lowest BCUT2D eigenvalue weighted by atomic mass is 9.94. The summed E-state index contributed by atoms with van der Waals surface area (Å²) in [4.78, 5) is 35.4. The summed E-state index contributed by atoms with van der Waals surface area (Å²) in [5.74, 6) is -1.34. The fourth-order valence-electron chi connectivity index (χ4n) is 4.88. The molecule has 6 aromatic rings. The van der Waals surface area contributed by atoms with Crippen LogP contribution >= 0.6 is 0 Å². The Kier molecular flexibility index (Phi) is 6.64. The maximum absolute atomic E-state index is 12.0. The number of rotatable bonds is 8. The van der Waals surface area contributed by atoms with Crippen molar-refractivity contribution in [3.63, 3.8) is 0 Å². The van der Waals surface area contributed by atoms with Crippen molar-refractivity contribution < 1.29 is 19.2 Å². The number of fused-ring (bicyclic) bond motifs is 1. The van der Waals surface area contributed by atoms with Gasteiger partial charge in [-0.15, -0.1) is 0 Å². The maximum Gasteiger partial charge on any atom is 0.439 e. The Morgan fingerprint density at radius 3 is 2.54 bits per heavy atom. The standard InChI is InChI=1S/C31H25N5O5/c1-3-40-30-33-25-6-4-5-23(29(37)38)27(25)36(30)17-19-7-9-20(10-8-19)24-16-21(26-15-18(2)13-14-32-26)11-12-22(24)28-34-31(39)41-35-28/h4-16H,3,17H2,1-2H3,(H,37,38)(H,34,35,39). The normalized spacial score (nSPS) is 11.2. The molecule has 0 aliphatic rings. The molecule has 0 radical (unpaired) electrons. The minimum absolute atomic E-state index is 0.158. The largest absolute Gasteiger partial charge is 0.478 e. The number of benzene rings is 3. The number of aromatic amines is 1. The molecule has 0 fully saturated rings. The first-order chi connectivity index (χ1) is 19.9. The van der Waals surface area contributed by atoms with E-state index in [4.69, 9.17) is 9.26 Å². The van der Waals surface area contributed by atoms with E-state index in [0.717, 1.165) is 33.5 Å². The number of ether oxygens (including phenoxy) is 1. The second kappa shape index (κ2) is 10.6. The van der Waals surface area contributed by atoms with Gasteiger partial charge in [0, 0.05) is 17.3 Å². The molecule has 204 valence electrons. The topological polar surface area (TPSA) is 136 Å². The number of para-hydroxylation sites is 1. The Bertz CT molecular complexity index is 1950. The number of pyridine rings is 1. The van der Waals surface area contributed by atoms with Crippen LogP contribution in [0.5, 0.6) is 6.01 Å². The number of hydrogen-bond donors (Lipinski definition) is 2. The van der Waals surface area contributed by atoms with E-state index in [2.05, 4.69) is 20.1 Å². The minimum Gasteiger partial charge on any atom is -0.478 e. The second-order valence-corrected chi connectivity index (χ2v) is 9.51. The predicted octanol–water partition coefficient (Wildman–Crippen LogP) is 5.56. The SMILES string of the molecule is CCOc1nc2cccc(C(=O)O)c2n1Cc1ccc(-c2cc(-c3cc(C)ccn3)ccc2-c2noc(=O)[nH]2)cc1. The lowest BCUT2D eigenvalue weighted by molar-refractivity contribution is 0.0698. The number of imidazole rings is 1. The van der Waals surface area contributed by atoms with Crippen molar-refractivity contribution in [3.05, 3.63) is 106 Å². The lowest BCUT2D eigenvalue weighted by Crippen LogP contribution is -2.08. The highest BCUT2D eigenvalue weighted by atomic mass is 16.5. The zero-order valence-corrected chi connectivity index (χ0v) is 22.3. The molecule has 41 heavy (non-hydrogen) atoms. The molecule has 0 aliphatic heterocycles. The molecule has 2 N–H and O–H groups in total. The molecule has 0 spiro atoms. The number of H-pyrrole nitrogens is 1. The Morgan fingerprint density at radius 1 is 1.02 bits per heavy atom. The zero-order chi connectivity index (χ0) is 28.5. The number of nitrogens with one attached hydrogen (secondary N) is 1. The fourth-order valence-corrected chi connectivity index (χ4v) is 4.88. The van der Waals surface area contributed by atoms with E-state index < -0.39 is 11.7 Å². The quantitative estimate of drug-likeness (QED) is 0.253. The summed E-state index contributed by atoms with van der Waals surface area (Å²) in [5.41, 5.74) is 7.38. The van der Waals surface area contributed by atoms with Gasteiger partial charge in [-0.3, -0.25) is 19.1 Å². The van der Waals surface area contributed by atoms with Gasteiger partial charge in [0.15, 0.2) is 5.82 Å². The van der Waals surface area contributed by atoms with Crippen molar-refractivity contribution >= 4 is 17.0 Å². The average Bonchev–Trinajstić information content (AvgIpc) is 3.56. The van der Waals surface area contributed by atoms with Crippen LogP contribution in [0.25, 0.3) is 44.8 Å². The first-order valence-electron chi connectivity index (χ1n) is 13.0. The molecule has 0 saturated heterocycles. The molecule has 0 bridgehead atoms. The summed E-state index contributed by atoms with van der Waals surface area (Å²) in [6, 6.07) is 23.0. The number of hydrogen-bond acceptors (Lipinski definition) is 7. The van der Waals surface area contributed by atoms with Crippen LogP contribution in [0.4, 0.5) is 0 Å². The molecule has 10 heteroatoms. The van der Waals surface area contributed by atoms with E-state index in [9.17, 15) is 14.7 Å². The molecule has 0 aliphatic carbocycles. The Hall–Kier alpha value is -5.51. The van der Waals surface area contributed by atoms with Crippen LogP contribution in [0, 0.1) is 6.92 Å². The van der Waals surface area contributed by atoms with Gasteiger partial charge in [0.2, 0.25) is 0 Å². The summed E-state index contributed by atoms with van der Waals surface area (Å²) in [7, 11) is 0. The Balaban J connectivity index is 1.42. The summed E-state index contributed by atoms with van der Waals surface area (Å²) >= 11 is 0. The average molecular weight is 548 g/mol. The molecular weight excluding hydrogens is 522 g/mol. The van der Waals surface area contributed by atoms with Gasteiger partial charge in [0.05, 0.1) is 35.4 Å². The maximum atomic E-state index is 12.0. The van der Waals surface area contributed by atoms with Crippen molar-refractivity contribution in [1.29, 1.82) is 0 Å². The number of aryl methyl sites for hydroxylation is 1. The first-order valence-corrected chi connectivity index (χ1v) is 13.0. The van der Waals surface area contributed by atoms with Crippen molar-refractivity contribution in [3.8, 4) is 39.8 Å². The number of nitrogens with zero attached hydrogens (tertiary/aromatic N) is 4. The zero-order valence-electron chi connectivity index (χ0n) is 22.3. The van der Waals surface area contributed by atoms with E-state index in [-0.39, 0.29) is 5.56 Å². The van der Waals surface area contributed by atoms with Crippen LogP contribution in [0.3, 0.4) is 0 Å². The third-order valence-electron chi connectivity index (χ3n) is 6.77. The molecule has 3 aromatic carbocycles. The van der Waals surface area contributed by atoms with Gasteiger partial charge in [0.1, 0.15) is 0 Å². The van der Waals surface area contributed by atoms with Gasteiger partial charge in [-0.25, -0.2) is 9.59 Å². The van der Waals surface area contributed by atoms with E-state index in [0.29, 0.717) is 41.6 Å². The molecule has 3 aromatic heterocycles. The monoisotopic (exact) mass is 547 g/mol. The molecular formula is C31H25N5O5. The van der Waals surface area contributed by atoms with E-state index >= 15 is 0 Å². The second-order valence-electron chi connectivity index (χ2n) is 9.51. The van der Waals surface area contributed by atoms with Crippen LogP contribution in [-0.4, -0.2) is 42.4 Å². The first kappa shape index (κ1) is 25.8. The van der Waals surface area contributed by atoms with Crippen LogP contribution in [-0.2, 0) is 6.54 Å². The van der Waals surface area contributed by atoms with Crippen LogP contribution < -0.4 is 10.5 Å². The highest BCUT2D eigenvalue weighted by molar-refractivity contribution is 6.01. The minimum atomic E-state index is -1.03. The molecule has 0 atom stereocenters. The van der Waals surface area contributed by atoms with E-state index in [1.807, 2.05) is 68.4 Å². The fraction of sp³-hybridized carbons (Fsp3) is 0.129. The van der Waals surface area contributed by atoms with Gasteiger partial charge < -0.3 is 9.84 Å². The molecule has 10 nitrogen and oxygen atoms in total. The number of carbonyl (C=O) groups is 1. The van der Waals surface area contributed by atoms with Gasteiger partial charge >= 0.3 is 11.7 Å². The third kappa shape index (κ3) is 4.98. The Labute approximate surface area is 233 Å². The lowest BCUT2D eigenvalue weighted by Gasteiger charge is -2.13. The smallest absolute Gasteiger partial charge is 0.439 e.